The van der Waals surface area contributed by atoms with E-state index in [1.165, 1.54) is 82.4 Å². The first-order valence-electron chi connectivity index (χ1n) is 15.6. The maximum atomic E-state index is 13.5. The molecule has 6 rings (SSSR count). The highest BCUT2D eigenvalue weighted by atomic mass is 19.1. The number of H-pyrrole nitrogens is 1. The number of piperidine rings is 1. The van der Waals surface area contributed by atoms with Crippen LogP contribution in [0.15, 0.2) is 66.7 Å². The van der Waals surface area contributed by atoms with Crippen molar-refractivity contribution in [2.45, 2.75) is 57.4 Å². The van der Waals surface area contributed by atoms with Crippen LogP contribution in [0.2, 0.25) is 0 Å². The van der Waals surface area contributed by atoms with Crippen LogP contribution in [0.1, 0.15) is 67.8 Å². The molecule has 1 atom stereocenters. The van der Waals surface area contributed by atoms with E-state index in [2.05, 4.69) is 9.88 Å². The first-order chi connectivity index (χ1) is 21.0. The Labute approximate surface area is 252 Å². The van der Waals surface area contributed by atoms with Gasteiger partial charge in [-0.3, -0.25) is 4.90 Å². The number of hydrogen-bond donors (Lipinski definition) is 2. The van der Waals surface area contributed by atoms with E-state index < -0.39 is 6.09 Å². The maximum Gasteiger partial charge on any atom is 0.416 e. The third-order valence-corrected chi connectivity index (χ3v) is 8.69. The molecule has 3 heterocycles. The molecule has 1 unspecified atom stereocenters. The van der Waals surface area contributed by atoms with E-state index in [1.807, 2.05) is 42.5 Å². The van der Waals surface area contributed by atoms with Crippen LogP contribution in [-0.2, 0) is 6.42 Å². The van der Waals surface area contributed by atoms with Gasteiger partial charge in [0.25, 0.3) is 0 Å². The van der Waals surface area contributed by atoms with Gasteiger partial charge in [-0.05, 0) is 117 Å². The molecule has 43 heavy (non-hydrogen) atoms. The molecular weight excluding hydrogens is 543 g/mol. The fourth-order valence-corrected chi connectivity index (χ4v) is 6.42. The number of amides is 1. The summed E-state index contributed by atoms with van der Waals surface area (Å²) in [6, 6.07) is 18.9. The Bertz CT molecular complexity index is 1510. The Morgan fingerprint density at radius 1 is 0.884 bits per heavy atom. The van der Waals surface area contributed by atoms with E-state index in [4.69, 9.17) is 15.2 Å². The zero-order valence-corrected chi connectivity index (χ0v) is 24.7. The van der Waals surface area contributed by atoms with Crippen LogP contribution in [-0.4, -0.2) is 53.7 Å². The summed E-state index contributed by atoms with van der Waals surface area (Å²) in [7, 11) is 0. The highest BCUT2D eigenvalue weighted by Crippen LogP contribution is 2.39. The van der Waals surface area contributed by atoms with Crippen molar-refractivity contribution < 1.29 is 18.7 Å². The summed E-state index contributed by atoms with van der Waals surface area (Å²) in [6.07, 6.45) is 8.97. The highest BCUT2D eigenvalue weighted by Gasteiger charge is 2.35. The third kappa shape index (κ3) is 6.96. The average Bonchev–Trinajstić information content (AvgIpc) is 3.40. The van der Waals surface area contributed by atoms with Crippen molar-refractivity contribution in [3.8, 4) is 11.5 Å². The van der Waals surface area contributed by atoms with Gasteiger partial charge in [-0.25, -0.2) is 9.18 Å². The van der Waals surface area contributed by atoms with Crippen molar-refractivity contribution in [3.63, 3.8) is 0 Å². The molecule has 1 amide bonds. The number of hydrogen-bond acceptors (Lipinski definition) is 5. The molecule has 0 saturated carbocycles. The molecule has 7 nitrogen and oxygen atoms in total. The summed E-state index contributed by atoms with van der Waals surface area (Å²) in [5.41, 5.74) is 10.8. The molecule has 1 aromatic heterocycles. The summed E-state index contributed by atoms with van der Waals surface area (Å²) in [4.78, 5) is 21.4. The van der Waals surface area contributed by atoms with Crippen molar-refractivity contribution in [1.29, 1.82) is 0 Å². The van der Waals surface area contributed by atoms with Crippen LogP contribution in [0, 0.1) is 5.82 Å². The normalized spacial score (nSPS) is 17.1. The van der Waals surface area contributed by atoms with Crippen LogP contribution in [0.3, 0.4) is 0 Å². The van der Waals surface area contributed by atoms with Gasteiger partial charge in [0.1, 0.15) is 23.4 Å². The number of fused-ring (bicyclic) bond motifs is 3. The predicted octanol–water partition coefficient (Wildman–Crippen LogP) is 7.46. The van der Waals surface area contributed by atoms with Crippen molar-refractivity contribution in [3.05, 3.63) is 89.4 Å². The zero-order chi connectivity index (χ0) is 29.6. The summed E-state index contributed by atoms with van der Waals surface area (Å²) in [5, 5.41) is 1.07. The Balaban J connectivity index is 1.12. The van der Waals surface area contributed by atoms with Gasteiger partial charge in [-0.15, -0.1) is 0 Å². The summed E-state index contributed by atoms with van der Waals surface area (Å²) in [6.45, 7) is 4.92. The maximum absolute atomic E-state index is 13.5. The first-order valence-corrected chi connectivity index (χ1v) is 15.6. The molecule has 2 aliphatic heterocycles. The number of nitrogens with two attached hydrogens (primary N) is 1. The number of likely N-dealkylation sites (tertiary alicyclic amines) is 1. The monoisotopic (exact) mass is 584 g/mol. The largest absolute Gasteiger partial charge is 0.494 e. The van der Waals surface area contributed by atoms with Gasteiger partial charge in [0, 0.05) is 28.8 Å². The Hall–Kier alpha value is -4.04. The van der Waals surface area contributed by atoms with Crippen molar-refractivity contribution in [2.24, 2.45) is 0 Å². The lowest BCUT2D eigenvalue weighted by molar-refractivity contribution is 0.135. The lowest BCUT2D eigenvalue weighted by Crippen LogP contribution is -2.42. The summed E-state index contributed by atoms with van der Waals surface area (Å²) < 4.78 is 25.2. The molecule has 1 saturated heterocycles. The summed E-state index contributed by atoms with van der Waals surface area (Å²) >= 11 is 0. The first kappa shape index (κ1) is 29.1. The van der Waals surface area contributed by atoms with E-state index in [1.54, 1.807) is 4.90 Å². The van der Waals surface area contributed by atoms with Gasteiger partial charge in [0.05, 0.1) is 6.61 Å². The van der Waals surface area contributed by atoms with Gasteiger partial charge in [-0.1, -0.05) is 31.4 Å². The number of carbonyl (C=O) groups excluding carboxylic acids is 1. The van der Waals surface area contributed by atoms with Crippen LogP contribution >= 0.6 is 0 Å². The lowest BCUT2D eigenvalue weighted by atomic mass is 9.92. The number of ether oxygens (including phenoxy) is 2. The number of carbonyl (C=O) groups is 1. The van der Waals surface area contributed by atoms with Gasteiger partial charge >= 0.3 is 6.09 Å². The number of rotatable bonds is 10. The molecule has 3 N–H and O–H groups in total. The minimum atomic E-state index is -0.485. The lowest BCUT2D eigenvalue weighted by Gasteiger charge is -2.35. The molecule has 1 fully saturated rings. The number of benzene rings is 3. The van der Waals surface area contributed by atoms with E-state index in [9.17, 15) is 9.18 Å². The van der Waals surface area contributed by atoms with Crippen molar-refractivity contribution in [2.75, 3.05) is 38.5 Å². The summed E-state index contributed by atoms with van der Waals surface area (Å²) in [5.74, 6) is 0.737. The second kappa shape index (κ2) is 13.5. The van der Waals surface area contributed by atoms with Gasteiger partial charge in [0.15, 0.2) is 0 Å². The number of nitrogens with one attached hydrogen (secondary N) is 1. The molecule has 0 radical (unpaired) electrons. The highest BCUT2D eigenvalue weighted by molar-refractivity contribution is 5.88. The average molecular weight is 585 g/mol. The van der Waals surface area contributed by atoms with Crippen molar-refractivity contribution in [1.82, 2.24) is 14.8 Å². The van der Waals surface area contributed by atoms with Gasteiger partial charge in [-0.2, -0.15) is 0 Å². The smallest absolute Gasteiger partial charge is 0.416 e. The minimum absolute atomic E-state index is 0.301. The number of halogens is 1. The standard InChI is InChI=1S/C35H41FN4O3/c36-26-10-15-29(16-11-26)43-35(41)40-22-18-30-31-24-27(37)12-17-32(31)38-33(30)34(40)25-8-13-28(14-9-25)42-23-7-2-1-4-19-39-20-5-3-6-21-39/h8-17,24,34,38H,1-7,18-23,37H2. The van der Waals surface area contributed by atoms with Crippen LogP contribution in [0.4, 0.5) is 14.9 Å². The van der Waals surface area contributed by atoms with E-state index in [0.717, 1.165) is 39.9 Å². The fraction of sp³-hybridized carbons (Fsp3) is 0.400. The number of aromatic amines is 1. The molecule has 4 aromatic rings. The third-order valence-electron chi connectivity index (χ3n) is 8.69. The molecular formula is C35H41FN4O3. The minimum Gasteiger partial charge on any atom is -0.494 e. The Morgan fingerprint density at radius 3 is 2.42 bits per heavy atom. The topological polar surface area (TPSA) is 83.8 Å². The molecule has 8 heteroatoms. The Morgan fingerprint density at radius 2 is 1.63 bits per heavy atom. The number of nitrogens with zero attached hydrogens (tertiary/aromatic N) is 2. The van der Waals surface area contributed by atoms with Crippen LogP contribution in [0.25, 0.3) is 10.9 Å². The zero-order valence-electron chi connectivity index (χ0n) is 24.7. The fourth-order valence-electron chi connectivity index (χ4n) is 6.42. The quantitative estimate of drug-likeness (QED) is 0.149. The van der Waals surface area contributed by atoms with Gasteiger partial charge in [0.2, 0.25) is 0 Å². The van der Waals surface area contributed by atoms with Crippen LogP contribution in [0.5, 0.6) is 11.5 Å². The van der Waals surface area contributed by atoms with E-state index in [-0.39, 0.29) is 11.9 Å². The molecule has 0 spiro atoms. The Kier molecular flexibility index (Phi) is 9.13. The molecule has 2 aliphatic rings. The van der Waals surface area contributed by atoms with E-state index in [0.29, 0.717) is 31.0 Å². The number of aromatic nitrogens is 1. The second-order valence-electron chi connectivity index (χ2n) is 11.7. The molecule has 3 aromatic carbocycles. The van der Waals surface area contributed by atoms with E-state index >= 15 is 0 Å². The SMILES string of the molecule is Nc1ccc2[nH]c3c(c2c1)CCN(C(=O)Oc1ccc(F)cc1)C3c1ccc(OCCCCCCN2CCCCC2)cc1. The number of anilines is 1. The van der Waals surface area contributed by atoms with Crippen LogP contribution < -0.4 is 15.2 Å². The predicted molar refractivity (Wildman–Crippen MR) is 168 cm³/mol. The second-order valence-corrected chi connectivity index (χ2v) is 11.7. The number of unbranched alkanes of at least 4 members (excludes halogenated alkanes) is 3. The number of nitrogen functional groups attached to an aromatic ring is 1. The molecule has 0 aliphatic carbocycles. The van der Waals surface area contributed by atoms with Crippen molar-refractivity contribution >= 4 is 22.7 Å². The molecule has 0 bridgehead atoms. The molecule has 226 valence electrons. The van der Waals surface area contributed by atoms with Gasteiger partial charge < -0.3 is 25.1 Å².